The lowest BCUT2D eigenvalue weighted by molar-refractivity contribution is 1.39. The van der Waals surface area contributed by atoms with E-state index in [0.717, 1.165) is 16.7 Å². The van der Waals surface area contributed by atoms with Gasteiger partial charge < -0.3 is 0 Å². The lowest BCUT2D eigenvalue weighted by Gasteiger charge is -2.04. The molecular formula is C15H13N. The van der Waals surface area contributed by atoms with E-state index >= 15 is 0 Å². The van der Waals surface area contributed by atoms with Crippen LogP contribution in [-0.2, 0) is 0 Å². The summed E-state index contributed by atoms with van der Waals surface area (Å²) in [6, 6.07) is 16.5. The molecule has 0 bridgehead atoms. The maximum absolute atomic E-state index is 8.87. The minimum absolute atomic E-state index is 0.746. The zero-order valence-corrected chi connectivity index (χ0v) is 9.49. The average molecular weight is 207 g/mol. The predicted molar refractivity (Wildman–Crippen MR) is 66.1 cm³/mol. The molecule has 0 atom stereocenters. The highest BCUT2D eigenvalue weighted by Gasteiger charge is 2.01. The van der Waals surface area contributed by atoms with Crippen LogP contribution in [0.2, 0.25) is 0 Å². The van der Waals surface area contributed by atoms with Crippen molar-refractivity contribution in [3.63, 3.8) is 0 Å². The Morgan fingerprint density at radius 1 is 0.875 bits per heavy atom. The zero-order chi connectivity index (χ0) is 11.5. The molecule has 2 aromatic rings. The maximum Gasteiger partial charge on any atom is 0.0994 e. The van der Waals surface area contributed by atoms with Crippen molar-refractivity contribution < 1.29 is 0 Å². The topological polar surface area (TPSA) is 23.8 Å². The molecule has 78 valence electrons. The Hall–Kier alpha value is -2.07. The minimum atomic E-state index is 0.746. The first kappa shape index (κ1) is 10.4. The van der Waals surface area contributed by atoms with E-state index < -0.39 is 0 Å². The lowest BCUT2D eigenvalue weighted by atomic mass is 10.00. The Labute approximate surface area is 96.0 Å². The summed E-state index contributed by atoms with van der Waals surface area (Å²) in [5.41, 5.74) is 5.39. The van der Waals surface area contributed by atoms with Gasteiger partial charge in [0.15, 0.2) is 0 Å². The average Bonchev–Trinajstić information content (AvgIpc) is 2.30. The molecule has 0 unspecified atom stereocenters. The van der Waals surface area contributed by atoms with Crippen LogP contribution in [0, 0.1) is 25.2 Å². The van der Waals surface area contributed by atoms with Gasteiger partial charge in [-0.3, -0.25) is 0 Å². The van der Waals surface area contributed by atoms with E-state index in [4.69, 9.17) is 5.26 Å². The van der Waals surface area contributed by atoms with Crippen molar-refractivity contribution in [2.24, 2.45) is 0 Å². The monoisotopic (exact) mass is 207 g/mol. The Balaban J connectivity index is 2.46. The number of hydrogen-bond acceptors (Lipinski definition) is 1. The number of nitrogens with zero attached hydrogens (tertiary/aromatic N) is 1. The number of benzene rings is 2. The number of rotatable bonds is 1. The third-order valence-corrected chi connectivity index (χ3v) is 2.73. The number of nitriles is 1. The van der Waals surface area contributed by atoms with E-state index in [1.807, 2.05) is 19.1 Å². The van der Waals surface area contributed by atoms with Crippen molar-refractivity contribution in [1.82, 2.24) is 0 Å². The zero-order valence-electron chi connectivity index (χ0n) is 9.49. The standard InChI is InChI=1S/C15H13N/c1-11-3-5-13(6-4-11)14-7-8-15(10-16)12(2)9-14/h3-9H,1-2H3. The molecule has 0 amide bonds. The molecule has 16 heavy (non-hydrogen) atoms. The van der Waals surface area contributed by atoms with Crippen molar-refractivity contribution in [1.29, 1.82) is 5.26 Å². The summed E-state index contributed by atoms with van der Waals surface area (Å²) in [7, 11) is 0. The second-order valence-electron chi connectivity index (χ2n) is 4.01. The van der Waals surface area contributed by atoms with Gasteiger partial charge in [-0.2, -0.15) is 5.26 Å². The molecular weight excluding hydrogens is 194 g/mol. The fraction of sp³-hybridized carbons (Fsp3) is 0.133. The first-order valence-corrected chi connectivity index (χ1v) is 5.28. The predicted octanol–water partition coefficient (Wildman–Crippen LogP) is 3.84. The van der Waals surface area contributed by atoms with Crippen LogP contribution < -0.4 is 0 Å². The Bertz CT molecular complexity index is 545. The van der Waals surface area contributed by atoms with Gasteiger partial charge in [-0.05, 0) is 36.6 Å². The van der Waals surface area contributed by atoms with Crippen molar-refractivity contribution >= 4 is 0 Å². The van der Waals surface area contributed by atoms with Gasteiger partial charge in [0.05, 0.1) is 11.6 Å². The highest BCUT2D eigenvalue weighted by atomic mass is 14.2. The molecule has 0 N–H and O–H groups in total. The first-order chi connectivity index (χ1) is 7.70. The van der Waals surface area contributed by atoms with Crippen molar-refractivity contribution in [3.05, 3.63) is 59.2 Å². The second kappa shape index (κ2) is 4.20. The van der Waals surface area contributed by atoms with Crippen LogP contribution >= 0.6 is 0 Å². The Morgan fingerprint density at radius 2 is 1.50 bits per heavy atom. The molecule has 0 saturated heterocycles. The van der Waals surface area contributed by atoms with Crippen LogP contribution in [0.1, 0.15) is 16.7 Å². The summed E-state index contributed by atoms with van der Waals surface area (Å²) in [6.45, 7) is 4.05. The molecule has 2 rings (SSSR count). The molecule has 0 fully saturated rings. The van der Waals surface area contributed by atoms with Gasteiger partial charge in [0, 0.05) is 0 Å². The molecule has 2 aromatic carbocycles. The molecule has 0 aliphatic rings. The molecule has 1 nitrogen and oxygen atoms in total. The number of aryl methyl sites for hydroxylation is 2. The normalized spacial score (nSPS) is 9.81. The quantitative estimate of drug-likeness (QED) is 0.697. The van der Waals surface area contributed by atoms with Gasteiger partial charge in [0.25, 0.3) is 0 Å². The summed E-state index contributed by atoms with van der Waals surface area (Å²) >= 11 is 0. The summed E-state index contributed by atoms with van der Waals surface area (Å²) in [6.07, 6.45) is 0. The first-order valence-electron chi connectivity index (χ1n) is 5.28. The van der Waals surface area contributed by atoms with Crippen LogP contribution in [0.3, 0.4) is 0 Å². The Morgan fingerprint density at radius 3 is 2.06 bits per heavy atom. The minimum Gasteiger partial charge on any atom is -0.192 e. The van der Waals surface area contributed by atoms with Gasteiger partial charge in [0.1, 0.15) is 0 Å². The van der Waals surface area contributed by atoms with Gasteiger partial charge in [-0.25, -0.2) is 0 Å². The van der Waals surface area contributed by atoms with Crippen LogP contribution in [0.25, 0.3) is 11.1 Å². The largest absolute Gasteiger partial charge is 0.192 e. The molecule has 0 radical (unpaired) electrons. The van der Waals surface area contributed by atoms with E-state index in [1.54, 1.807) is 0 Å². The van der Waals surface area contributed by atoms with Gasteiger partial charge in [-0.1, -0.05) is 42.0 Å². The van der Waals surface area contributed by atoms with Crippen LogP contribution in [-0.4, -0.2) is 0 Å². The smallest absolute Gasteiger partial charge is 0.0994 e. The van der Waals surface area contributed by atoms with Crippen LogP contribution in [0.5, 0.6) is 0 Å². The van der Waals surface area contributed by atoms with Gasteiger partial charge in [-0.15, -0.1) is 0 Å². The van der Waals surface area contributed by atoms with Gasteiger partial charge in [0.2, 0.25) is 0 Å². The highest BCUT2D eigenvalue weighted by molar-refractivity contribution is 5.65. The van der Waals surface area contributed by atoms with E-state index in [-0.39, 0.29) is 0 Å². The van der Waals surface area contributed by atoms with Crippen molar-refractivity contribution in [2.75, 3.05) is 0 Å². The second-order valence-corrected chi connectivity index (χ2v) is 4.01. The SMILES string of the molecule is Cc1ccc(-c2ccc(C#N)c(C)c2)cc1. The molecule has 0 aromatic heterocycles. The van der Waals surface area contributed by atoms with Crippen molar-refractivity contribution in [2.45, 2.75) is 13.8 Å². The molecule has 0 heterocycles. The van der Waals surface area contributed by atoms with E-state index in [9.17, 15) is 0 Å². The maximum atomic E-state index is 8.87. The van der Waals surface area contributed by atoms with Crippen LogP contribution in [0.15, 0.2) is 42.5 Å². The Kier molecular flexibility index (Phi) is 2.74. The summed E-state index contributed by atoms with van der Waals surface area (Å²) in [5.74, 6) is 0. The summed E-state index contributed by atoms with van der Waals surface area (Å²) < 4.78 is 0. The lowest BCUT2D eigenvalue weighted by Crippen LogP contribution is -1.84. The molecule has 0 saturated carbocycles. The fourth-order valence-electron chi connectivity index (χ4n) is 1.71. The summed E-state index contributed by atoms with van der Waals surface area (Å²) in [5, 5.41) is 8.87. The molecule has 0 aliphatic carbocycles. The van der Waals surface area contributed by atoms with E-state index in [0.29, 0.717) is 0 Å². The van der Waals surface area contributed by atoms with Crippen LogP contribution in [0.4, 0.5) is 0 Å². The number of hydrogen-bond donors (Lipinski definition) is 0. The van der Waals surface area contributed by atoms with Gasteiger partial charge >= 0.3 is 0 Å². The molecule has 0 spiro atoms. The summed E-state index contributed by atoms with van der Waals surface area (Å²) in [4.78, 5) is 0. The van der Waals surface area contributed by atoms with E-state index in [1.165, 1.54) is 11.1 Å². The fourth-order valence-corrected chi connectivity index (χ4v) is 1.71. The third kappa shape index (κ3) is 1.97. The highest BCUT2D eigenvalue weighted by Crippen LogP contribution is 2.22. The van der Waals surface area contributed by atoms with Crippen molar-refractivity contribution in [3.8, 4) is 17.2 Å². The van der Waals surface area contributed by atoms with E-state index in [2.05, 4.69) is 43.3 Å². The molecule has 0 aliphatic heterocycles. The molecule has 1 heteroatoms. The third-order valence-electron chi connectivity index (χ3n) is 2.73.